The van der Waals surface area contributed by atoms with E-state index in [-0.39, 0.29) is 0 Å². The molecule has 1 nitrogen and oxygen atoms in total. The molecule has 92 valence electrons. The van der Waals surface area contributed by atoms with Gasteiger partial charge in [-0.1, -0.05) is 39.2 Å². The van der Waals surface area contributed by atoms with Crippen molar-refractivity contribution < 1.29 is 0 Å². The third kappa shape index (κ3) is 4.13. The molecule has 1 aromatic carbocycles. The first-order chi connectivity index (χ1) is 8.25. The average Bonchev–Trinajstić information content (AvgIpc) is 2.82. The van der Waals surface area contributed by atoms with Gasteiger partial charge < -0.3 is 5.32 Å². The predicted molar refractivity (Wildman–Crippen MR) is 77.4 cm³/mol. The Morgan fingerprint density at radius 3 is 3.00 bits per heavy atom. The molecule has 0 atom stereocenters. The van der Waals surface area contributed by atoms with Gasteiger partial charge in [0.05, 0.1) is 0 Å². The topological polar surface area (TPSA) is 12.0 Å². The van der Waals surface area contributed by atoms with Crippen LogP contribution in [-0.4, -0.2) is 6.54 Å². The summed E-state index contributed by atoms with van der Waals surface area (Å²) in [6.45, 7) is 1.88. The maximum absolute atomic E-state index is 6.13. The van der Waals surface area contributed by atoms with Crippen molar-refractivity contribution in [1.29, 1.82) is 0 Å². The van der Waals surface area contributed by atoms with E-state index in [0.717, 1.165) is 28.1 Å². The quantitative estimate of drug-likeness (QED) is 0.614. The van der Waals surface area contributed by atoms with Gasteiger partial charge in [-0.05, 0) is 56.0 Å². The zero-order valence-electron chi connectivity index (χ0n) is 9.81. The van der Waals surface area contributed by atoms with E-state index in [9.17, 15) is 0 Å². The number of hydrogen-bond acceptors (Lipinski definition) is 1. The average molecular weight is 315 g/mol. The Balaban J connectivity index is 1.75. The van der Waals surface area contributed by atoms with Crippen LogP contribution in [0.2, 0.25) is 5.02 Å². The molecule has 0 saturated carbocycles. The molecule has 0 amide bonds. The van der Waals surface area contributed by atoms with Crippen molar-refractivity contribution in [3.63, 3.8) is 0 Å². The maximum atomic E-state index is 6.13. The van der Waals surface area contributed by atoms with E-state index in [1.54, 1.807) is 5.57 Å². The molecule has 0 unspecified atom stereocenters. The molecule has 0 aliphatic heterocycles. The van der Waals surface area contributed by atoms with Crippen LogP contribution in [0.4, 0.5) is 0 Å². The number of hydrogen-bond donors (Lipinski definition) is 1. The third-order valence-corrected chi connectivity index (χ3v) is 3.94. The molecule has 0 saturated heterocycles. The van der Waals surface area contributed by atoms with Crippen LogP contribution >= 0.6 is 27.5 Å². The van der Waals surface area contributed by atoms with Crippen molar-refractivity contribution in [2.45, 2.75) is 32.2 Å². The molecule has 2 rings (SSSR count). The van der Waals surface area contributed by atoms with Gasteiger partial charge in [-0.2, -0.15) is 0 Å². The van der Waals surface area contributed by atoms with E-state index < -0.39 is 0 Å². The first-order valence-corrected chi connectivity index (χ1v) is 7.25. The molecule has 3 heteroatoms. The van der Waals surface area contributed by atoms with E-state index >= 15 is 0 Å². The van der Waals surface area contributed by atoms with Gasteiger partial charge in [0.25, 0.3) is 0 Å². The fourth-order valence-corrected chi connectivity index (χ4v) is 2.71. The minimum absolute atomic E-state index is 0.834. The summed E-state index contributed by atoms with van der Waals surface area (Å²) < 4.78 is 1.08. The molecule has 1 N–H and O–H groups in total. The summed E-state index contributed by atoms with van der Waals surface area (Å²) in [6, 6.07) is 5.97. The van der Waals surface area contributed by atoms with Crippen LogP contribution in [0.25, 0.3) is 0 Å². The summed E-state index contributed by atoms with van der Waals surface area (Å²) in [4.78, 5) is 0. The SMILES string of the molecule is Clc1ccc(Br)cc1CNCCC1=CCCC1. The smallest absolute Gasteiger partial charge is 0.0451 e. The van der Waals surface area contributed by atoms with Gasteiger partial charge >= 0.3 is 0 Å². The van der Waals surface area contributed by atoms with Gasteiger partial charge in [-0.3, -0.25) is 0 Å². The molecular weight excluding hydrogens is 298 g/mol. The molecule has 1 aliphatic rings. The van der Waals surface area contributed by atoms with Gasteiger partial charge in [0.15, 0.2) is 0 Å². The van der Waals surface area contributed by atoms with Crippen LogP contribution in [0.15, 0.2) is 34.3 Å². The van der Waals surface area contributed by atoms with Crippen LogP contribution in [-0.2, 0) is 6.54 Å². The molecule has 0 fully saturated rings. The normalized spacial score (nSPS) is 15.1. The molecule has 17 heavy (non-hydrogen) atoms. The van der Waals surface area contributed by atoms with Crippen molar-refractivity contribution in [2.24, 2.45) is 0 Å². The monoisotopic (exact) mass is 313 g/mol. The largest absolute Gasteiger partial charge is 0.312 e. The Morgan fingerprint density at radius 1 is 1.35 bits per heavy atom. The Bertz CT molecular complexity index is 415. The lowest BCUT2D eigenvalue weighted by molar-refractivity contribution is 0.676. The maximum Gasteiger partial charge on any atom is 0.0451 e. The fourth-order valence-electron chi connectivity index (χ4n) is 2.12. The van der Waals surface area contributed by atoms with E-state index in [2.05, 4.69) is 33.4 Å². The van der Waals surface area contributed by atoms with Crippen LogP contribution in [0, 0.1) is 0 Å². The van der Waals surface area contributed by atoms with Crippen LogP contribution < -0.4 is 5.32 Å². The van der Waals surface area contributed by atoms with Crippen molar-refractivity contribution in [1.82, 2.24) is 5.32 Å². The Kier molecular flexibility index (Phi) is 5.08. The first-order valence-electron chi connectivity index (χ1n) is 6.08. The highest BCUT2D eigenvalue weighted by Gasteiger charge is 2.04. The predicted octanol–water partition coefficient (Wildman–Crippen LogP) is 4.69. The van der Waals surface area contributed by atoms with Crippen LogP contribution in [0.1, 0.15) is 31.2 Å². The second-order valence-corrected chi connectivity index (χ2v) is 5.74. The Morgan fingerprint density at radius 2 is 2.24 bits per heavy atom. The highest BCUT2D eigenvalue weighted by atomic mass is 79.9. The molecule has 0 radical (unpaired) electrons. The molecule has 0 heterocycles. The lowest BCUT2D eigenvalue weighted by atomic mass is 10.1. The number of rotatable bonds is 5. The number of benzene rings is 1. The minimum Gasteiger partial charge on any atom is -0.312 e. The molecule has 1 aliphatic carbocycles. The number of halogens is 2. The zero-order chi connectivity index (χ0) is 12.1. The summed E-state index contributed by atoms with van der Waals surface area (Å²) in [5, 5.41) is 4.28. The molecule has 1 aromatic rings. The van der Waals surface area contributed by atoms with Gasteiger partial charge in [-0.15, -0.1) is 0 Å². The molecule has 0 aromatic heterocycles. The summed E-state index contributed by atoms with van der Waals surface area (Å²) >= 11 is 9.59. The van der Waals surface area contributed by atoms with E-state index in [1.807, 2.05) is 12.1 Å². The molecule has 0 spiro atoms. The Hall–Kier alpha value is -0.310. The second kappa shape index (κ2) is 6.58. The first kappa shape index (κ1) is 13.1. The Labute approximate surface area is 116 Å². The minimum atomic E-state index is 0.834. The van der Waals surface area contributed by atoms with Crippen molar-refractivity contribution in [2.75, 3.05) is 6.54 Å². The standard InChI is InChI=1S/C14H17BrClN/c15-13-5-6-14(16)12(9-13)10-17-8-7-11-3-1-2-4-11/h3,5-6,9,17H,1-2,4,7-8,10H2. The summed E-state index contributed by atoms with van der Waals surface area (Å²) in [6.07, 6.45) is 7.46. The van der Waals surface area contributed by atoms with E-state index in [4.69, 9.17) is 11.6 Å². The second-order valence-electron chi connectivity index (χ2n) is 4.42. The van der Waals surface area contributed by atoms with Gasteiger partial charge in [0, 0.05) is 16.0 Å². The highest BCUT2D eigenvalue weighted by Crippen LogP contribution is 2.22. The lowest BCUT2D eigenvalue weighted by Gasteiger charge is -2.07. The number of nitrogens with one attached hydrogen (secondary N) is 1. The van der Waals surface area contributed by atoms with Gasteiger partial charge in [0.1, 0.15) is 0 Å². The van der Waals surface area contributed by atoms with Gasteiger partial charge in [-0.25, -0.2) is 0 Å². The van der Waals surface area contributed by atoms with Crippen molar-refractivity contribution >= 4 is 27.5 Å². The molecular formula is C14H17BrClN. The van der Waals surface area contributed by atoms with Crippen molar-refractivity contribution in [3.8, 4) is 0 Å². The fraction of sp³-hybridized carbons (Fsp3) is 0.429. The third-order valence-electron chi connectivity index (χ3n) is 3.08. The zero-order valence-corrected chi connectivity index (χ0v) is 12.1. The van der Waals surface area contributed by atoms with Crippen LogP contribution in [0.5, 0.6) is 0 Å². The van der Waals surface area contributed by atoms with Gasteiger partial charge in [0.2, 0.25) is 0 Å². The summed E-state index contributed by atoms with van der Waals surface area (Å²) in [7, 11) is 0. The summed E-state index contributed by atoms with van der Waals surface area (Å²) in [5.74, 6) is 0. The van der Waals surface area contributed by atoms with E-state index in [0.29, 0.717) is 0 Å². The van der Waals surface area contributed by atoms with Crippen molar-refractivity contribution in [3.05, 3.63) is 44.9 Å². The lowest BCUT2D eigenvalue weighted by Crippen LogP contribution is -2.15. The number of allylic oxidation sites excluding steroid dienone is 1. The van der Waals surface area contributed by atoms with Crippen LogP contribution in [0.3, 0.4) is 0 Å². The van der Waals surface area contributed by atoms with E-state index in [1.165, 1.54) is 25.7 Å². The molecule has 0 bridgehead atoms. The highest BCUT2D eigenvalue weighted by molar-refractivity contribution is 9.10. The summed E-state index contributed by atoms with van der Waals surface area (Å²) in [5.41, 5.74) is 2.76.